The number of nitrogens with zero attached hydrogens (tertiary/aromatic N) is 4. The highest BCUT2D eigenvalue weighted by atomic mass is 16.5. The lowest BCUT2D eigenvalue weighted by molar-refractivity contribution is -0.137. The molecule has 7 nitrogen and oxygen atoms in total. The molecule has 0 spiro atoms. The molecule has 2 aliphatic rings. The van der Waals surface area contributed by atoms with Gasteiger partial charge in [0, 0.05) is 78.3 Å². The van der Waals surface area contributed by atoms with Gasteiger partial charge in [0.15, 0.2) is 0 Å². The maximum Gasteiger partial charge on any atom is 0.228 e. The molecule has 142 valence electrons. The number of pyridine rings is 1. The van der Waals surface area contributed by atoms with Crippen LogP contribution in [-0.2, 0) is 20.9 Å². The zero-order valence-corrected chi connectivity index (χ0v) is 15.5. The second kappa shape index (κ2) is 9.09. The summed E-state index contributed by atoms with van der Waals surface area (Å²) in [5.74, 6) is -0.00476. The summed E-state index contributed by atoms with van der Waals surface area (Å²) in [6, 6.07) is 3.82. The molecular formula is C19H28N4O3. The molecule has 2 aliphatic heterocycles. The molecule has 0 bridgehead atoms. The van der Waals surface area contributed by atoms with E-state index in [-0.39, 0.29) is 17.7 Å². The van der Waals surface area contributed by atoms with Crippen molar-refractivity contribution >= 4 is 11.8 Å². The van der Waals surface area contributed by atoms with Crippen molar-refractivity contribution in [1.29, 1.82) is 0 Å². The normalized spacial score (nSPS) is 21.4. The lowest BCUT2D eigenvalue weighted by atomic mass is 10.1. The molecule has 2 amide bonds. The molecule has 0 saturated carbocycles. The van der Waals surface area contributed by atoms with Gasteiger partial charge in [-0.15, -0.1) is 0 Å². The molecule has 1 aromatic rings. The highest BCUT2D eigenvalue weighted by Gasteiger charge is 2.37. The Balaban J connectivity index is 1.46. The summed E-state index contributed by atoms with van der Waals surface area (Å²) in [7, 11) is 1.72. The van der Waals surface area contributed by atoms with Crippen molar-refractivity contribution in [3.8, 4) is 0 Å². The van der Waals surface area contributed by atoms with Gasteiger partial charge in [-0.2, -0.15) is 0 Å². The Morgan fingerprint density at radius 1 is 1.23 bits per heavy atom. The van der Waals surface area contributed by atoms with Crippen molar-refractivity contribution < 1.29 is 14.3 Å². The third-order valence-electron chi connectivity index (χ3n) is 5.19. The van der Waals surface area contributed by atoms with E-state index in [9.17, 15) is 9.59 Å². The Hall–Kier alpha value is -1.99. The Morgan fingerprint density at radius 3 is 2.65 bits per heavy atom. The van der Waals surface area contributed by atoms with Crippen LogP contribution in [0.2, 0.25) is 0 Å². The fraction of sp³-hybridized carbons (Fsp3) is 0.632. The molecule has 26 heavy (non-hydrogen) atoms. The number of carbonyl (C=O) groups excluding carboxylic acids is 2. The fourth-order valence-corrected chi connectivity index (χ4v) is 3.68. The van der Waals surface area contributed by atoms with Crippen LogP contribution in [0.1, 0.15) is 18.4 Å². The van der Waals surface area contributed by atoms with Crippen LogP contribution in [0.4, 0.5) is 0 Å². The van der Waals surface area contributed by atoms with Gasteiger partial charge in [0.05, 0.1) is 5.92 Å². The second-order valence-electron chi connectivity index (χ2n) is 7.04. The summed E-state index contributed by atoms with van der Waals surface area (Å²) in [4.78, 5) is 35.2. The quantitative estimate of drug-likeness (QED) is 0.667. The van der Waals surface area contributed by atoms with E-state index in [1.165, 1.54) is 0 Å². The van der Waals surface area contributed by atoms with Crippen LogP contribution in [0.25, 0.3) is 0 Å². The Labute approximate surface area is 154 Å². The SMILES string of the molecule is COCCCN1CCN(C(=O)C2CC(=O)N(Cc3ccncc3)C2)CC1. The van der Waals surface area contributed by atoms with Gasteiger partial charge in [-0.3, -0.25) is 19.5 Å². The van der Waals surface area contributed by atoms with E-state index in [0.29, 0.717) is 19.5 Å². The van der Waals surface area contributed by atoms with Gasteiger partial charge >= 0.3 is 0 Å². The predicted octanol–water partition coefficient (Wildman–Crippen LogP) is 0.611. The monoisotopic (exact) mass is 360 g/mol. The van der Waals surface area contributed by atoms with Gasteiger partial charge in [-0.1, -0.05) is 0 Å². The van der Waals surface area contributed by atoms with E-state index >= 15 is 0 Å². The molecule has 7 heteroatoms. The number of methoxy groups -OCH3 is 1. The summed E-state index contributed by atoms with van der Waals surface area (Å²) in [6.07, 6.45) is 4.80. The number of rotatable bonds is 7. The predicted molar refractivity (Wildman–Crippen MR) is 97.3 cm³/mol. The summed E-state index contributed by atoms with van der Waals surface area (Å²) in [5, 5.41) is 0. The van der Waals surface area contributed by atoms with E-state index in [2.05, 4.69) is 9.88 Å². The molecule has 3 rings (SSSR count). The third kappa shape index (κ3) is 4.80. The number of likely N-dealkylation sites (tertiary alicyclic amines) is 1. The van der Waals surface area contributed by atoms with Crippen molar-refractivity contribution in [2.24, 2.45) is 5.92 Å². The summed E-state index contributed by atoms with van der Waals surface area (Å²) in [6.45, 7) is 6.16. The van der Waals surface area contributed by atoms with E-state index < -0.39 is 0 Å². The molecule has 0 aromatic carbocycles. The number of aromatic nitrogens is 1. The van der Waals surface area contributed by atoms with Crippen LogP contribution < -0.4 is 0 Å². The van der Waals surface area contributed by atoms with E-state index in [0.717, 1.165) is 51.3 Å². The minimum absolute atomic E-state index is 0.0679. The zero-order chi connectivity index (χ0) is 18.4. The van der Waals surface area contributed by atoms with Crippen molar-refractivity contribution in [2.75, 3.05) is 53.0 Å². The summed E-state index contributed by atoms with van der Waals surface area (Å²) in [5.41, 5.74) is 1.05. The molecule has 2 saturated heterocycles. The van der Waals surface area contributed by atoms with E-state index in [4.69, 9.17) is 4.74 Å². The van der Waals surface area contributed by atoms with Crippen LogP contribution in [-0.4, -0.2) is 84.5 Å². The standard InChI is InChI=1S/C19H28N4O3/c1-26-12-2-7-21-8-10-22(11-9-21)19(25)17-13-18(24)23(15-17)14-16-3-5-20-6-4-16/h3-6,17H,2,7-15H2,1H3. The van der Waals surface area contributed by atoms with Crippen molar-refractivity contribution in [2.45, 2.75) is 19.4 Å². The topological polar surface area (TPSA) is 66.0 Å². The van der Waals surface area contributed by atoms with Gasteiger partial charge in [-0.05, 0) is 24.1 Å². The van der Waals surface area contributed by atoms with Crippen LogP contribution in [0.3, 0.4) is 0 Å². The number of piperazine rings is 1. The Kier molecular flexibility index (Phi) is 6.57. The minimum Gasteiger partial charge on any atom is -0.385 e. The van der Waals surface area contributed by atoms with Crippen LogP contribution >= 0.6 is 0 Å². The number of amides is 2. The molecule has 1 unspecified atom stereocenters. The lowest BCUT2D eigenvalue weighted by Gasteiger charge is -2.35. The second-order valence-corrected chi connectivity index (χ2v) is 7.04. The first kappa shape index (κ1) is 18.8. The van der Waals surface area contributed by atoms with Gasteiger partial charge in [0.25, 0.3) is 0 Å². The molecular weight excluding hydrogens is 332 g/mol. The highest BCUT2D eigenvalue weighted by molar-refractivity contribution is 5.89. The first-order valence-corrected chi connectivity index (χ1v) is 9.34. The van der Waals surface area contributed by atoms with Crippen LogP contribution in [0.5, 0.6) is 0 Å². The van der Waals surface area contributed by atoms with Gasteiger partial charge in [0.1, 0.15) is 0 Å². The number of ether oxygens (including phenoxy) is 1. The highest BCUT2D eigenvalue weighted by Crippen LogP contribution is 2.22. The molecule has 0 radical (unpaired) electrons. The van der Waals surface area contributed by atoms with Gasteiger partial charge < -0.3 is 14.5 Å². The molecule has 0 aliphatic carbocycles. The smallest absolute Gasteiger partial charge is 0.228 e. The molecule has 1 atom stereocenters. The van der Waals surface area contributed by atoms with E-state index in [1.807, 2.05) is 17.0 Å². The summed E-state index contributed by atoms with van der Waals surface area (Å²) >= 11 is 0. The van der Waals surface area contributed by atoms with Crippen molar-refractivity contribution in [3.05, 3.63) is 30.1 Å². The largest absolute Gasteiger partial charge is 0.385 e. The molecule has 2 fully saturated rings. The third-order valence-corrected chi connectivity index (χ3v) is 5.19. The van der Waals surface area contributed by atoms with Crippen molar-refractivity contribution in [1.82, 2.24) is 19.7 Å². The summed E-state index contributed by atoms with van der Waals surface area (Å²) < 4.78 is 5.09. The lowest BCUT2D eigenvalue weighted by Crippen LogP contribution is -2.50. The molecule has 3 heterocycles. The Bertz CT molecular complexity index is 602. The van der Waals surface area contributed by atoms with Gasteiger partial charge in [0.2, 0.25) is 11.8 Å². The molecule has 0 N–H and O–H groups in total. The Morgan fingerprint density at radius 2 is 1.96 bits per heavy atom. The fourth-order valence-electron chi connectivity index (χ4n) is 3.68. The maximum absolute atomic E-state index is 12.8. The van der Waals surface area contributed by atoms with Crippen LogP contribution in [0.15, 0.2) is 24.5 Å². The van der Waals surface area contributed by atoms with Gasteiger partial charge in [-0.25, -0.2) is 0 Å². The van der Waals surface area contributed by atoms with Crippen molar-refractivity contribution in [3.63, 3.8) is 0 Å². The van der Waals surface area contributed by atoms with E-state index in [1.54, 1.807) is 24.4 Å². The average Bonchev–Trinajstić information content (AvgIpc) is 3.03. The molecule has 1 aromatic heterocycles. The number of carbonyl (C=O) groups is 2. The number of hydrogen-bond donors (Lipinski definition) is 0. The average molecular weight is 360 g/mol. The van der Waals surface area contributed by atoms with Crippen LogP contribution in [0, 0.1) is 5.92 Å². The number of hydrogen-bond acceptors (Lipinski definition) is 5. The zero-order valence-electron chi connectivity index (χ0n) is 15.5. The minimum atomic E-state index is -0.204. The maximum atomic E-state index is 12.8. The first-order valence-electron chi connectivity index (χ1n) is 9.34. The first-order chi connectivity index (χ1) is 12.7.